The summed E-state index contributed by atoms with van der Waals surface area (Å²) in [5, 5.41) is 0. The van der Waals surface area contributed by atoms with E-state index in [1.807, 2.05) is 0 Å². The molecule has 0 spiro atoms. The highest BCUT2D eigenvalue weighted by Crippen LogP contribution is 2.28. The first-order valence-electron chi connectivity index (χ1n) is 5.51. The maximum absolute atomic E-state index is 2.44. The van der Waals surface area contributed by atoms with Crippen LogP contribution in [-0.2, 0) is 0 Å². The topological polar surface area (TPSA) is 0 Å². The van der Waals surface area contributed by atoms with E-state index in [2.05, 4.69) is 19.9 Å². The van der Waals surface area contributed by atoms with Gasteiger partial charge < -0.3 is 0 Å². The Morgan fingerprint density at radius 2 is 2.25 bits per heavy atom. The van der Waals surface area contributed by atoms with Crippen molar-refractivity contribution in [1.29, 1.82) is 0 Å². The van der Waals surface area contributed by atoms with Crippen LogP contribution in [0.2, 0.25) is 0 Å². The van der Waals surface area contributed by atoms with Crippen molar-refractivity contribution >= 4 is 0 Å². The zero-order chi connectivity index (χ0) is 8.81. The molecule has 0 aromatic carbocycles. The SMILES string of the molecule is CCCCCC1CCCC=C1C. The van der Waals surface area contributed by atoms with Crippen molar-refractivity contribution in [3.8, 4) is 0 Å². The quantitative estimate of drug-likeness (QED) is 0.431. The molecule has 1 rings (SSSR count). The van der Waals surface area contributed by atoms with E-state index in [-0.39, 0.29) is 0 Å². The van der Waals surface area contributed by atoms with Crippen LogP contribution in [0.1, 0.15) is 58.8 Å². The van der Waals surface area contributed by atoms with Gasteiger partial charge in [0, 0.05) is 0 Å². The molecule has 1 atom stereocenters. The number of hydrogen-bond donors (Lipinski definition) is 0. The Balaban J connectivity index is 2.21. The molecule has 0 bridgehead atoms. The van der Waals surface area contributed by atoms with Crippen molar-refractivity contribution in [2.75, 3.05) is 0 Å². The van der Waals surface area contributed by atoms with Crippen molar-refractivity contribution in [2.45, 2.75) is 58.8 Å². The standard InChI is InChI=1S/C12H22/c1-3-4-5-9-12-10-7-6-8-11(12)2/h8,12H,3-7,9-10H2,1-2H3. The summed E-state index contributed by atoms with van der Waals surface area (Å²) in [6, 6.07) is 0. The highest BCUT2D eigenvalue weighted by molar-refractivity contribution is 5.06. The number of rotatable bonds is 4. The first-order chi connectivity index (χ1) is 5.84. The molecule has 0 N–H and O–H groups in total. The highest BCUT2D eigenvalue weighted by atomic mass is 14.2. The van der Waals surface area contributed by atoms with E-state index in [4.69, 9.17) is 0 Å². The minimum Gasteiger partial charge on any atom is -0.0853 e. The predicted molar refractivity (Wildman–Crippen MR) is 55.2 cm³/mol. The van der Waals surface area contributed by atoms with Crippen LogP contribution in [0, 0.1) is 5.92 Å². The molecular weight excluding hydrogens is 144 g/mol. The Bertz CT molecular complexity index is 144. The van der Waals surface area contributed by atoms with Crippen LogP contribution in [0.4, 0.5) is 0 Å². The summed E-state index contributed by atoms with van der Waals surface area (Å²) in [6.07, 6.45) is 12.3. The second-order valence-electron chi connectivity index (χ2n) is 4.07. The summed E-state index contributed by atoms with van der Waals surface area (Å²) in [5.41, 5.74) is 1.66. The van der Waals surface area contributed by atoms with Gasteiger partial charge in [-0.15, -0.1) is 0 Å². The van der Waals surface area contributed by atoms with E-state index >= 15 is 0 Å². The van der Waals surface area contributed by atoms with Crippen molar-refractivity contribution in [3.05, 3.63) is 11.6 Å². The predicted octanol–water partition coefficient (Wildman–Crippen LogP) is 4.31. The molecule has 0 fully saturated rings. The maximum Gasteiger partial charge on any atom is -0.0206 e. The Morgan fingerprint density at radius 1 is 1.42 bits per heavy atom. The monoisotopic (exact) mass is 166 g/mol. The van der Waals surface area contributed by atoms with E-state index < -0.39 is 0 Å². The Labute approximate surface area is 77.1 Å². The van der Waals surface area contributed by atoms with E-state index in [1.54, 1.807) is 5.57 Å². The zero-order valence-electron chi connectivity index (χ0n) is 8.60. The highest BCUT2D eigenvalue weighted by Gasteiger charge is 2.12. The third-order valence-corrected chi connectivity index (χ3v) is 3.02. The van der Waals surface area contributed by atoms with Gasteiger partial charge in [-0.2, -0.15) is 0 Å². The Hall–Kier alpha value is -0.260. The molecule has 0 heteroatoms. The summed E-state index contributed by atoms with van der Waals surface area (Å²) >= 11 is 0. The van der Waals surface area contributed by atoms with E-state index in [0.29, 0.717) is 0 Å². The zero-order valence-corrected chi connectivity index (χ0v) is 8.60. The molecule has 1 aliphatic carbocycles. The van der Waals surface area contributed by atoms with Crippen LogP contribution < -0.4 is 0 Å². The minimum absolute atomic E-state index is 0.935. The summed E-state index contributed by atoms with van der Waals surface area (Å²) < 4.78 is 0. The molecule has 0 aliphatic heterocycles. The fourth-order valence-corrected chi connectivity index (χ4v) is 2.10. The number of allylic oxidation sites excluding steroid dienone is 2. The largest absolute Gasteiger partial charge is 0.0853 e. The summed E-state index contributed by atoms with van der Waals surface area (Å²) in [4.78, 5) is 0. The van der Waals surface area contributed by atoms with Crippen molar-refractivity contribution in [3.63, 3.8) is 0 Å². The van der Waals surface area contributed by atoms with Crippen molar-refractivity contribution in [2.24, 2.45) is 5.92 Å². The first-order valence-corrected chi connectivity index (χ1v) is 5.51. The molecule has 0 aromatic rings. The van der Waals surface area contributed by atoms with Crippen molar-refractivity contribution < 1.29 is 0 Å². The number of hydrogen-bond acceptors (Lipinski definition) is 0. The van der Waals surface area contributed by atoms with Gasteiger partial charge in [-0.05, 0) is 38.5 Å². The van der Waals surface area contributed by atoms with Crippen LogP contribution in [0.25, 0.3) is 0 Å². The fourth-order valence-electron chi connectivity index (χ4n) is 2.10. The maximum atomic E-state index is 2.44. The van der Waals surface area contributed by atoms with Crippen LogP contribution in [0.3, 0.4) is 0 Å². The van der Waals surface area contributed by atoms with Gasteiger partial charge >= 0.3 is 0 Å². The van der Waals surface area contributed by atoms with Crippen LogP contribution in [0.5, 0.6) is 0 Å². The molecule has 0 heterocycles. The molecule has 1 aliphatic rings. The second-order valence-corrected chi connectivity index (χ2v) is 4.07. The van der Waals surface area contributed by atoms with Gasteiger partial charge in [0.25, 0.3) is 0 Å². The molecular formula is C12H22. The summed E-state index contributed by atoms with van der Waals surface area (Å²) in [7, 11) is 0. The van der Waals surface area contributed by atoms with E-state index in [9.17, 15) is 0 Å². The molecule has 0 aromatic heterocycles. The average molecular weight is 166 g/mol. The molecule has 70 valence electrons. The molecule has 0 saturated carbocycles. The first kappa shape index (κ1) is 9.83. The molecule has 12 heavy (non-hydrogen) atoms. The van der Waals surface area contributed by atoms with Crippen LogP contribution in [-0.4, -0.2) is 0 Å². The third-order valence-electron chi connectivity index (χ3n) is 3.02. The lowest BCUT2D eigenvalue weighted by atomic mass is 9.85. The Kier molecular flexibility index (Phi) is 4.42. The van der Waals surface area contributed by atoms with Gasteiger partial charge in [0.1, 0.15) is 0 Å². The lowest BCUT2D eigenvalue weighted by molar-refractivity contribution is 0.454. The summed E-state index contributed by atoms with van der Waals surface area (Å²) in [5.74, 6) is 0.935. The number of unbranched alkanes of at least 4 members (excludes halogenated alkanes) is 2. The fraction of sp³-hybridized carbons (Fsp3) is 0.833. The molecule has 0 amide bonds. The minimum atomic E-state index is 0.935. The second kappa shape index (κ2) is 5.40. The van der Waals surface area contributed by atoms with Gasteiger partial charge in [-0.25, -0.2) is 0 Å². The molecule has 0 radical (unpaired) electrons. The molecule has 0 nitrogen and oxygen atoms in total. The van der Waals surface area contributed by atoms with Gasteiger partial charge in [-0.3, -0.25) is 0 Å². The van der Waals surface area contributed by atoms with E-state index in [0.717, 1.165) is 5.92 Å². The van der Waals surface area contributed by atoms with Gasteiger partial charge in [0.15, 0.2) is 0 Å². The van der Waals surface area contributed by atoms with Gasteiger partial charge in [0.05, 0.1) is 0 Å². The van der Waals surface area contributed by atoms with Crippen LogP contribution in [0.15, 0.2) is 11.6 Å². The summed E-state index contributed by atoms with van der Waals surface area (Å²) in [6.45, 7) is 4.60. The van der Waals surface area contributed by atoms with Crippen molar-refractivity contribution in [1.82, 2.24) is 0 Å². The molecule has 0 saturated heterocycles. The van der Waals surface area contributed by atoms with E-state index in [1.165, 1.54) is 44.9 Å². The Morgan fingerprint density at radius 3 is 2.92 bits per heavy atom. The molecule has 1 unspecified atom stereocenters. The normalized spacial score (nSPS) is 23.8. The van der Waals surface area contributed by atoms with Crippen LogP contribution >= 0.6 is 0 Å². The van der Waals surface area contributed by atoms with Gasteiger partial charge in [0.2, 0.25) is 0 Å². The third kappa shape index (κ3) is 3.00. The average Bonchev–Trinajstić information content (AvgIpc) is 2.09. The smallest absolute Gasteiger partial charge is 0.0206 e. The van der Waals surface area contributed by atoms with Gasteiger partial charge in [-0.1, -0.05) is 37.8 Å². The lowest BCUT2D eigenvalue weighted by Gasteiger charge is -2.21. The lowest BCUT2D eigenvalue weighted by Crippen LogP contribution is -2.06.